The SMILES string of the molecule is CCn1nc(C(=O)NC[C@@H](c2cccc(OC)c2)N2CCCC2)c2ccccc2c1=O. The molecule has 0 radical (unpaired) electrons. The highest BCUT2D eigenvalue weighted by Crippen LogP contribution is 2.27. The highest BCUT2D eigenvalue weighted by molar-refractivity contribution is 6.04. The van der Waals surface area contributed by atoms with E-state index in [0.29, 0.717) is 23.9 Å². The van der Waals surface area contributed by atoms with Crippen LogP contribution in [0.5, 0.6) is 5.75 Å². The van der Waals surface area contributed by atoms with Crippen molar-refractivity contribution in [2.24, 2.45) is 0 Å². The number of rotatable bonds is 7. The van der Waals surface area contributed by atoms with Crippen LogP contribution in [0.1, 0.15) is 41.9 Å². The third-order valence-corrected chi connectivity index (χ3v) is 5.90. The molecular formula is C24H28N4O3. The first-order valence-electron chi connectivity index (χ1n) is 10.8. The second-order valence-electron chi connectivity index (χ2n) is 7.76. The van der Waals surface area contributed by atoms with Gasteiger partial charge in [-0.2, -0.15) is 5.10 Å². The van der Waals surface area contributed by atoms with Gasteiger partial charge in [0.2, 0.25) is 0 Å². The maximum absolute atomic E-state index is 13.2. The highest BCUT2D eigenvalue weighted by atomic mass is 16.5. The van der Waals surface area contributed by atoms with Crippen molar-refractivity contribution < 1.29 is 9.53 Å². The van der Waals surface area contributed by atoms with Crippen molar-refractivity contribution in [2.75, 3.05) is 26.7 Å². The number of methoxy groups -OCH3 is 1. The molecule has 7 heteroatoms. The minimum absolute atomic E-state index is 0.0462. The summed E-state index contributed by atoms with van der Waals surface area (Å²) in [5.41, 5.74) is 1.21. The lowest BCUT2D eigenvalue weighted by Crippen LogP contribution is -2.38. The van der Waals surface area contributed by atoms with E-state index in [1.165, 1.54) is 4.68 Å². The van der Waals surface area contributed by atoms with Gasteiger partial charge in [-0.3, -0.25) is 14.5 Å². The van der Waals surface area contributed by atoms with Crippen molar-refractivity contribution in [1.82, 2.24) is 20.0 Å². The number of aromatic nitrogens is 2. The van der Waals surface area contributed by atoms with E-state index < -0.39 is 0 Å². The average Bonchev–Trinajstić information content (AvgIpc) is 3.34. The Kier molecular flexibility index (Phi) is 6.32. The first-order valence-corrected chi connectivity index (χ1v) is 10.8. The number of amides is 1. The standard InChI is InChI=1S/C24H28N4O3/c1-3-28-24(30)20-12-5-4-11-19(20)22(26-28)23(29)25-16-21(27-13-6-7-14-27)17-9-8-10-18(15-17)31-2/h4-5,8-12,15,21H,3,6-7,13-14,16H2,1-2H3,(H,25,29)/t21-/m0/s1. The van der Waals surface area contributed by atoms with Crippen LogP contribution in [-0.2, 0) is 6.54 Å². The second-order valence-corrected chi connectivity index (χ2v) is 7.76. The number of likely N-dealkylation sites (tertiary alicyclic amines) is 1. The van der Waals surface area contributed by atoms with Crippen LogP contribution in [0, 0.1) is 0 Å². The first-order chi connectivity index (χ1) is 15.1. The molecule has 3 aromatic rings. The molecule has 1 atom stereocenters. The second kappa shape index (κ2) is 9.31. The number of hydrogen-bond donors (Lipinski definition) is 1. The fourth-order valence-electron chi connectivity index (χ4n) is 4.25. The van der Waals surface area contributed by atoms with Crippen LogP contribution in [0.2, 0.25) is 0 Å². The summed E-state index contributed by atoms with van der Waals surface area (Å²) in [6, 6.07) is 15.2. The van der Waals surface area contributed by atoms with E-state index in [4.69, 9.17) is 4.74 Å². The molecule has 0 spiro atoms. The van der Waals surface area contributed by atoms with Gasteiger partial charge < -0.3 is 10.1 Å². The van der Waals surface area contributed by atoms with Gasteiger partial charge in [0.1, 0.15) is 5.75 Å². The van der Waals surface area contributed by atoms with E-state index in [2.05, 4.69) is 21.4 Å². The van der Waals surface area contributed by atoms with Crippen LogP contribution < -0.4 is 15.6 Å². The van der Waals surface area contributed by atoms with Crippen molar-refractivity contribution in [3.63, 3.8) is 0 Å². The van der Waals surface area contributed by atoms with Gasteiger partial charge in [0.25, 0.3) is 11.5 Å². The summed E-state index contributed by atoms with van der Waals surface area (Å²) in [5.74, 6) is 0.529. The van der Waals surface area contributed by atoms with Crippen molar-refractivity contribution in [3.8, 4) is 5.75 Å². The summed E-state index contributed by atoms with van der Waals surface area (Å²) in [4.78, 5) is 28.1. The largest absolute Gasteiger partial charge is 0.497 e. The van der Waals surface area contributed by atoms with Crippen LogP contribution in [0.3, 0.4) is 0 Å². The fourth-order valence-corrected chi connectivity index (χ4v) is 4.25. The molecule has 0 bridgehead atoms. The third-order valence-electron chi connectivity index (χ3n) is 5.90. The normalized spacial score (nSPS) is 15.2. The maximum Gasteiger partial charge on any atom is 0.274 e. The molecule has 2 heterocycles. The van der Waals surface area contributed by atoms with Gasteiger partial charge in [-0.15, -0.1) is 0 Å². The van der Waals surface area contributed by atoms with E-state index in [-0.39, 0.29) is 23.2 Å². The Morgan fingerprint density at radius 1 is 1.13 bits per heavy atom. The zero-order valence-corrected chi connectivity index (χ0v) is 18.0. The Bertz CT molecular complexity index is 1140. The van der Waals surface area contributed by atoms with Gasteiger partial charge in [0, 0.05) is 18.5 Å². The number of benzene rings is 2. The molecule has 1 amide bonds. The minimum Gasteiger partial charge on any atom is -0.497 e. The Morgan fingerprint density at radius 3 is 2.58 bits per heavy atom. The van der Waals surface area contributed by atoms with Gasteiger partial charge in [0.05, 0.1) is 18.5 Å². The molecule has 0 unspecified atom stereocenters. The molecule has 1 N–H and O–H groups in total. The van der Waals surface area contributed by atoms with E-state index >= 15 is 0 Å². The number of carbonyl (C=O) groups is 1. The van der Waals surface area contributed by atoms with Gasteiger partial charge in [0.15, 0.2) is 5.69 Å². The van der Waals surface area contributed by atoms with Crippen LogP contribution in [0.4, 0.5) is 0 Å². The summed E-state index contributed by atoms with van der Waals surface area (Å²) < 4.78 is 6.74. The predicted molar refractivity (Wildman–Crippen MR) is 121 cm³/mol. The number of carbonyl (C=O) groups excluding carboxylic acids is 1. The summed E-state index contributed by atoms with van der Waals surface area (Å²) in [6.45, 7) is 4.70. The molecule has 1 fully saturated rings. The summed E-state index contributed by atoms with van der Waals surface area (Å²) >= 11 is 0. The van der Waals surface area contributed by atoms with E-state index in [0.717, 1.165) is 37.2 Å². The van der Waals surface area contributed by atoms with Gasteiger partial charge in [-0.1, -0.05) is 30.3 Å². The molecule has 0 saturated carbocycles. The van der Waals surface area contributed by atoms with Crippen LogP contribution >= 0.6 is 0 Å². The molecule has 1 aliphatic heterocycles. The van der Waals surface area contributed by atoms with Crippen LogP contribution in [0.15, 0.2) is 53.3 Å². The first kappa shape index (κ1) is 21.1. The molecule has 31 heavy (non-hydrogen) atoms. The van der Waals surface area contributed by atoms with E-state index in [9.17, 15) is 9.59 Å². The number of ether oxygens (including phenoxy) is 1. The Balaban J connectivity index is 1.62. The van der Waals surface area contributed by atoms with Crippen LogP contribution in [-0.4, -0.2) is 47.3 Å². The van der Waals surface area contributed by atoms with Crippen molar-refractivity contribution in [3.05, 3.63) is 70.1 Å². The predicted octanol–water partition coefficient (Wildman–Crippen LogP) is 2.99. The van der Waals surface area contributed by atoms with Gasteiger partial charge in [-0.25, -0.2) is 4.68 Å². The summed E-state index contributed by atoms with van der Waals surface area (Å²) in [5, 5.41) is 8.51. The molecule has 0 aliphatic carbocycles. The minimum atomic E-state index is -0.273. The lowest BCUT2D eigenvalue weighted by molar-refractivity contribution is 0.0932. The molecule has 4 rings (SSSR count). The molecule has 2 aromatic carbocycles. The number of fused-ring (bicyclic) bond motifs is 1. The number of nitrogens with zero attached hydrogens (tertiary/aromatic N) is 3. The average molecular weight is 421 g/mol. The zero-order valence-electron chi connectivity index (χ0n) is 18.0. The fraction of sp³-hybridized carbons (Fsp3) is 0.375. The lowest BCUT2D eigenvalue weighted by atomic mass is 10.0. The highest BCUT2D eigenvalue weighted by Gasteiger charge is 2.25. The summed E-state index contributed by atoms with van der Waals surface area (Å²) in [6.07, 6.45) is 2.31. The molecule has 162 valence electrons. The molecule has 1 aromatic heterocycles. The monoisotopic (exact) mass is 420 g/mol. The van der Waals surface area contributed by atoms with E-state index in [1.54, 1.807) is 25.3 Å². The Morgan fingerprint density at radius 2 is 1.87 bits per heavy atom. The maximum atomic E-state index is 13.2. The van der Waals surface area contributed by atoms with Gasteiger partial charge in [-0.05, 0) is 56.6 Å². The van der Waals surface area contributed by atoms with Crippen LogP contribution in [0.25, 0.3) is 10.8 Å². The molecule has 7 nitrogen and oxygen atoms in total. The summed E-state index contributed by atoms with van der Waals surface area (Å²) in [7, 11) is 1.66. The zero-order chi connectivity index (χ0) is 21.8. The number of aryl methyl sites for hydroxylation is 1. The van der Waals surface area contributed by atoms with Gasteiger partial charge >= 0.3 is 0 Å². The van der Waals surface area contributed by atoms with Crippen molar-refractivity contribution >= 4 is 16.7 Å². The molecular weight excluding hydrogens is 392 g/mol. The Labute approximate surface area is 181 Å². The molecule has 1 aliphatic rings. The molecule has 1 saturated heterocycles. The lowest BCUT2D eigenvalue weighted by Gasteiger charge is -2.28. The number of hydrogen-bond acceptors (Lipinski definition) is 5. The van der Waals surface area contributed by atoms with Crippen molar-refractivity contribution in [1.29, 1.82) is 0 Å². The smallest absolute Gasteiger partial charge is 0.274 e. The quantitative estimate of drug-likeness (QED) is 0.636. The Hall–Kier alpha value is -3.19. The third kappa shape index (κ3) is 4.32. The topological polar surface area (TPSA) is 76.5 Å². The van der Waals surface area contributed by atoms with Crippen molar-refractivity contribution in [2.45, 2.75) is 32.4 Å². The van der Waals surface area contributed by atoms with E-state index in [1.807, 2.05) is 31.2 Å². The number of nitrogens with one attached hydrogen (secondary N) is 1.